The Morgan fingerprint density at radius 1 is 1.08 bits per heavy atom. The van der Waals surface area contributed by atoms with Gasteiger partial charge in [-0.15, -0.1) is 0 Å². The van der Waals surface area contributed by atoms with E-state index in [0.29, 0.717) is 5.92 Å². The molecule has 0 atom stereocenters. The Bertz CT molecular complexity index is 609. The molecule has 1 aliphatic carbocycles. The van der Waals surface area contributed by atoms with E-state index in [4.69, 9.17) is 5.11 Å². The summed E-state index contributed by atoms with van der Waals surface area (Å²) in [7, 11) is 0. The van der Waals surface area contributed by atoms with Crippen LogP contribution in [-0.2, 0) is 4.79 Å². The topological polar surface area (TPSA) is 54.4 Å². The molecule has 3 nitrogen and oxygen atoms in total. The van der Waals surface area contributed by atoms with Crippen LogP contribution in [0.3, 0.4) is 0 Å². The SMILES string of the molecule is O=C(O)CC=C[C@H]1CC[C@H](c2ccc(C(=O)C(F)(F)F)cc2)CC1. The minimum atomic E-state index is -4.85. The van der Waals surface area contributed by atoms with Crippen molar-refractivity contribution in [3.63, 3.8) is 0 Å². The zero-order valence-electron chi connectivity index (χ0n) is 13.1. The highest BCUT2D eigenvalue weighted by Gasteiger charge is 2.39. The molecule has 1 N–H and O–H groups in total. The van der Waals surface area contributed by atoms with E-state index in [2.05, 4.69) is 0 Å². The summed E-state index contributed by atoms with van der Waals surface area (Å²) in [5, 5.41) is 8.60. The van der Waals surface area contributed by atoms with Crippen LogP contribution in [-0.4, -0.2) is 23.0 Å². The van der Waals surface area contributed by atoms with E-state index in [1.807, 2.05) is 6.08 Å². The van der Waals surface area contributed by atoms with Crippen molar-refractivity contribution in [2.24, 2.45) is 5.92 Å². The van der Waals surface area contributed by atoms with Crippen LogP contribution in [0.2, 0.25) is 0 Å². The molecule has 0 bridgehead atoms. The van der Waals surface area contributed by atoms with Crippen molar-refractivity contribution in [3.05, 3.63) is 47.5 Å². The van der Waals surface area contributed by atoms with Gasteiger partial charge in [-0.25, -0.2) is 0 Å². The molecule has 1 aromatic rings. The Kier molecular flexibility index (Phi) is 5.80. The van der Waals surface area contributed by atoms with Crippen LogP contribution in [0.4, 0.5) is 13.2 Å². The fraction of sp³-hybridized carbons (Fsp3) is 0.444. The largest absolute Gasteiger partial charge is 0.481 e. The average molecular weight is 340 g/mol. The number of hydrogen-bond donors (Lipinski definition) is 1. The van der Waals surface area contributed by atoms with E-state index in [-0.39, 0.29) is 17.9 Å². The predicted molar refractivity (Wildman–Crippen MR) is 82.9 cm³/mol. The van der Waals surface area contributed by atoms with Crippen LogP contribution < -0.4 is 0 Å². The van der Waals surface area contributed by atoms with E-state index >= 15 is 0 Å². The summed E-state index contributed by atoms with van der Waals surface area (Å²) in [4.78, 5) is 21.6. The van der Waals surface area contributed by atoms with Crippen LogP contribution in [0, 0.1) is 5.92 Å². The first-order valence-corrected chi connectivity index (χ1v) is 7.87. The smallest absolute Gasteiger partial charge is 0.454 e. The number of halogens is 3. The zero-order valence-corrected chi connectivity index (χ0v) is 13.1. The highest BCUT2D eigenvalue weighted by Crippen LogP contribution is 2.36. The Morgan fingerprint density at radius 3 is 2.17 bits per heavy atom. The number of Topliss-reactive ketones (excluding diaryl/α,β-unsaturated/α-hetero) is 1. The van der Waals surface area contributed by atoms with Gasteiger partial charge >= 0.3 is 12.1 Å². The lowest BCUT2D eigenvalue weighted by Gasteiger charge is -2.27. The molecule has 0 saturated heterocycles. The van der Waals surface area contributed by atoms with E-state index < -0.39 is 17.9 Å². The molecule has 0 aliphatic heterocycles. The molecule has 0 spiro atoms. The Balaban J connectivity index is 1.91. The fourth-order valence-corrected chi connectivity index (χ4v) is 3.08. The first-order valence-electron chi connectivity index (χ1n) is 7.87. The van der Waals surface area contributed by atoms with Gasteiger partial charge in [0.2, 0.25) is 0 Å². The summed E-state index contributed by atoms with van der Waals surface area (Å²) in [5.74, 6) is -2.05. The van der Waals surface area contributed by atoms with Crippen molar-refractivity contribution in [3.8, 4) is 0 Å². The number of carboxylic acid groups (broad SMARTS) is 1. The van der Waals surface area contributed by atoms with Crippen LogP contribution in [0.15, 0.2) is 36.4 Å². The number of carboxylic acids is 1. The van der Waals surface area contributed by atoms with E-state index in [9.17, 15) is 22.8 Å². The summed E-state index contributed by atoms with van der Waals surface area (Å²) in [6.45, 7) is 0. The molecule has 1 saturated carbocycles. The van der Waals surface area contributed by atoms with Gasteiger partial charge in [0, 0.05) is 5.56 Å². The lowest BCUT2D eigenvalue weighted by atomic mass is 9.78. The fourth-order valence-electron chi connectivity index (χ4n) is 3.08. The van der Waals surface area contributed by atoms with Crippen molar-refractivity contribution in [2.45, 2.75) is 44.2 Å². The summed E-state index contributed by atoms with van der Waals surface area (Å²) in [6.07, 6.45) is 2.42. The van der Waals surface area contributed by atoms with Gasteiger partial charge in [-0.3, -0.25) is 9.59 Å². The second-order valence-corrected chi connectivity index (χ2v) is 6.09. The molecule has 0 radical (unpaired) electrons. The number of carbonyl (C=O) groups is 2. The number of carbonyl (C=O) groups excluding carboxylic acids is 1. The van der Waals surface area contributed by atoms with Crippen molar-refractivity contribution in [1.82, 2.24) is 0 Å². The molecule has 0 aromatic heterocycles. The molecule has 6 heteroatoms. The maximum atomic E-state index is 12.4. The Morgan fingerprint density at radius 2 is 1.67 bits per heavy atom. The van der Waals surface area contributed by atoms with Gasteiger partial charge < -0.3 is 5.11 Å². The monoisotopic (exact) mass is 340 g/mol. The maximum absolute atomic E-state index is 12.4. The summed E-state index contributed by atoms with van der Waals surface area (Å²) < 4.78 is 37.2. The highest BCUT2D eigenvalue weighted by molar-refractivity contribution is 6.00. The number of ketones is 1. The van der Waals surface area contributed by atoms with Gasteiger partial charge in [0.25, 0.3) is 5.78 Å². The van der Waals surface area contributed by atoms with Gasteiger partial charge in [0.1, 0.15) is 0 Å². The predicted octanol–water partition coefficient (Wildman–Crippen LogP) is 4.74. The normalized spacial score (nSPS) is 21.8. The summed E-state index contributed by atoms with van der Waals surface area (Å²) >= 11 is 0. The minimum absolute atomic E-state index is 0.0224. The van der Waals surface area contributed by atoms with Crippen molar-refractivity contribution in [2.75, 3.05) is 0 Å². The first kappa shape index (κ1) is 18.2. The van der Waals surface area contributed by atoms with Gasteiger partial charge in [0.15, 0.2) is 0 Å². The number of aliphatic carboxylic acids is 1. The zero-order chi connectivity index (χ0) is 17.7. The quantitative estimate of drug-likeness (QED) is 0.622. The molecule has 1 fully saturated rings. The summed E-state index contributed by atoms with van der Waals surface area (Å²) in [5.41, 5.74) is 0.609. The molecule has 24 heavy (non-hydrogen) atoms. The van der Waals surface area contributed by atoms with Crippen LogP contribution in [0.1, 0.15) is 53.9 Å². The van der Waals surface area contributed by atoms with E-state index in [0.717, 1.165) is 31.2 Å². The van der Waals surface area contributed by atoms with E-state index in [1.165, 1.54) is 12.1 Å². The number of alkyl halides is 3. The molecular weight excluding hydrogens is 321 g/mol. The number of hydrogen-bond acceptors (Lipinski definition) is 2. The van der Waals surface area contributed by atoms with Crippen LogP contribution in [0.25, 0.3) is 0 Å². The van der Waals surface area contributed by atoms with Gasteiger partial charge in [-0.2, -0.15) is 13.2 Å². The number of rotatable bonds is 5. The van der Waals surface area contributed by atoms with Crippen LogP contribution in [0.5, 0.6) is 0 Å². The molecule has 130 valence electrons. The molecule has 0 unspecified atom stereocenters. The Hall–Kier alpha value is -2.11. The van der Waals surface area contributed by atoms with Crippen molar-refractivity contribution >= 4 is 11.8 Å². The number of allylic oxidation sites excluding steroid dienone is 1. The minimum Gasteiger partial charge on any atom is -0.481 e. The summed E-state index contributed by atoms with van der Waals surface area (Å²) in [6, 6.07) is 5.68. The van der Waals surface area contributed by atoms with Crippen molar-refractivity contribution in [1.29, 1.82) is 0 Å². The third-order valence-corrected chi connectivity index (χ3v) is 4.37. The van der Waals surface area contributed by atoms with Crippen LogP contribution >= 0.6 is 0 Å². The molecule has 1 aromatic carbocycles. The maximum Gasteiger partial charge on any atom is 0.454 e. The molecular formula is C18H19F3O3. The van der Waals surface area contributed by atoms with E-state index in [1.54, 1.807) is 18.2 Å². The first-order chi connectivity index (χ1) is 11.3. The lowest BCUT2D eigenvalue weighted by Crippen LogP contribution is -2.22. The standard InChI is InChI=1S/C18H19F3O3/c19-18(20,21)17(24)15-10-8-14(9-11-15)13-6-4-12(5-7-13)2-1-3-16(22)23/h1-2,8-13H,3-7H2,(H,22,23)/t12-,13-. The molecule has 2 rings (SSSR count). The second-order valence-electron chi connectivity index (χ2n) is 6.09. The van der Waals surface area contributed by atoms with Crippen molar-refractivity contribution < 1.29 is 27.9 Å². The third kappa shape index (κ3) is 4.94. The third-order valence-electron chi connectivity index (χ3n) is 4.37. The molecule has 0 amide bonds. The molecule has 0 heterocycles. The second kappa shape index (κ2) is 7.64. The lowest BCUT2D eigenvalue weighted by molar-refractivity contribution is -0.136. The highest BCUT2D eigenvalue weighted by atomic mass is 19.4. The van der Waals surface area contributed by atoms with Gasteiger partial charge in [-0.05, 0) is 43.1 Å². The molecule has 1 aliphatic rings. The number of benzene rings is 1. The van der Waals surface area contributed by atoms with Gasteiger partial charge in [-0.1, -0.05) is 36.4 Å². The van der Waals surface area contributed by atoms with Gasteiger partial charge in [0.05, 0.1) is 6.42 Å². The Labute approximate surface area is 138 Å². The average Bonchev–Trinajstić information content (AvgIpc) is 2.54.